The number of aryl methyl sites for hydroxylation is 1. The lowest BCUT2D eigenvalue weighted by Crippen LogP contribution is -2.59. The first kappa shape index (κ1) is 25.3. The van der Waals surface area contributed by atoms with Crippen molar-refractivity contribution in [2.45, 2.75) is 78.3 Å². The molecule has 0 saturated carbocycles. The predicted molar refractivity (Wildman–Crippen MR) is 143 cm³/mol. The molecule has 1 amide bonds. The van der Waals surface area contributed by atoms with Gasteiger partial charge >= 0.3 is 0 Å². The van der Waals surface area contributed by atoms with Crippen molar-refractivity contribution in [3.05, 3.63) is 71.9 Å². The molecular formula is C30H39N3O2. The summed E-state index contributed by atoms with van der Waals surface area (Å²) in [6.07, 6.45) is 5.65. The van der Waals surface area contributed by atoms with Crippen LogP contribution in [-0.4, -0.2) is 33.6 Å². The van der Waals surface area contributed by atoms with Gasteiger partial charge in [0.2, 0.25) is 5.91 Å². The molecule has 1 aliphatic rings. The van der Waals surface area contributed by atoms with E-state index in [0.29, 0.717) is 6.42 Å². The van der Waals surface area contributed by atoms with E-state index in [9.17, 15) is 4.79 Å². The van der Waals surface area contributed by atoms with Crippen molar-refractivity contribution in [3.63, 3.8) is 0 Å². The third-order valence-electron chi connectivity index (χ3n) is 7.29. The van der Waals surface area contributed by atoms with Crippen molar-refractivity contribution < 1.29 is 9.63 Å². The highest BCUT2D eigenvalue weighted by molar-refractivity contribution is 6.02. The van der Waals surface area contributed by atoms with Crippen molar-refractivity contribution in [2.75, 3.05) is 11.9 Å². The molecule has 0 radical (unpaired) electrons. The van der Waals surface area contributed by atoms with E-state index in [4.69, 9.17) is 4.84 Å². The van der Waals surface area contributed by atoms with Gasteiger partial charge in [0.1, 0.15) is 0 Å². The number of pyridine rings is 1. The zero-order valence-corrected chi connectivity index (χ0v) is 22.0. The minimum Gasteiger partial charge on any atom is -0.324 e. The van der Waals surface area contributed by atoms with E-state index in [1.165, 1.54) is 12.0 Å². The highest BCUT2D eigenvalue weighted by Gasteiger charge is 2.44. The minimum atomic E-state index is -0.783. The molecule has 1 fully saturated rings. The lowest BCUT2D eigenvalue weighted by atomic mass is 9.81. The van der Waals surface area contributed by atoms with Gasteiger partial charge in [-0.15, -0.1) is 0 Å². The fourth-order valence-corrected chi connectivity index (χ4v) is 5.48. The highest BCUT2D eigenvalue weighted by Crippen LogP contribution is 2.39. The Bertz CT molecular complexity index is 1180. The molecule has 3 aromatic rings. The fourth-order valence-electron chi connectivity index (χ4n) is 5.48. The van der Waals surface area contributed by atoms with E-state index in [2.05, 4.69) is 74.2 Å². The third-order valence-corrected chi connectivity index (χ3v) is 7.29. The first-order chi connectivity index (χ1) is 16.5. The van der Waals surface area contributed by atoms with Gasteiger partial charge in [-0.2, -0.15) is 5.06 Å². The molecule has 186 valence electrons. The smallest absolute Gasteiger partial charge is 0.233 e. The summed E-state index contributed by atoms with van der Waals surface area (Å²) >= 11 is 0. The largest absolute Gasteiger partial charge is 0.324 e. The van der Waals surface area contributed by atoms with Crippen LogP contribution in [0.4, 0.5) is 5.69 Å². The molecule has 4 rings (SSSR count). The molecule has 1 N–H and O–H groups in total. The average Bonchev–Trinajstić information content (AvgIpc) is 2.78. The Labute approximate surface area is 209 Å². The molecule has 35 heavy (non-hydrogen) atoms. The summed E-state index contributed by atoms with van der Waals surface area (Å²) in [7, 11) is 0. The lowest BCUT2D eigenvalue weighted by molar-refractivity contribution is -0.290. The number of aromatic nitrogens is 1. The number of nitrogens with one attached hydrogen (secondary N) is 1. The second kappa shape index (κ2) is 9.71. The zero-order chi connectivity index (χ0) is 25.3. The number of hydrogen-bond acceptors (Lipinski definition) is 4. The second-order valence-corrected chi connectivity index (χ2v) is 11.6. The molecule has 5 nitrogen and oxygen atoms in total. The number of piperidine rings is 1. The molecule has 1 aliphatic heterocycles. The molecule has 1 unspecified atom stereocenters. The van der Waals surface area contributed by atoms with Crippen LogP contribution in [-0.2, 0) is 16.1 Å². The SMILES string of the molecule is Cc1cccc(CC(C)(CON2C(C)(C)CCCC2(C)C)C(=O)Nc2cccc3cccnc23)c1. The number of anilines is 1. The number of amides is 1. The van der Waals surface area contributed by atoms with E-state index in [1.54, 1.807) is 6.20 Å². The number of nitrogens with zero attached hydrogens (tertiary/aromatic N) is 2. The molecule has 0 spiro atoms. The van der Waals surface area contributed by atoms with Crippen molar-refractivity contribution in [2.24, 2.45) is 5.41 Å². The Hall–Kier alpha value is -2.76. The van der Waals surface area contributed by atoms with Gasteiger partial charge in [-0.1, -0.05) is 48.0 Å². The summed E-state index contributed by atoms with van der Waals surface area (Å²) in [6, 6.07) is 18.2. The van der Waals surface area contributed by atoms with Gasteiger partial charge in [-0.3, -0.25) is 14.6 Å². The van der Waals surface area contributed by atoms with Gasteiger partial charge in [0.15, 0.2) is 0 Å². The van der Waals surface area contributed by atoms with Crippen LogP contribution < -0.4 is 5.32 Å². The summed E-state index contributed by atoms with van der Waals surface area (Å²) < 4.78 is 0. The number of carbonyl (C=O) groups is 1. The van der Waals surface area contributed by atoms with Crippen LogP contribution in [0.25, 0.3) is 10.9 Å². The maximum Gasteiger partial charge on any atom is 0.233 e. The fraction of sp³-hybridized carbons (Fsp3) is 0.467. The predicted octanol–water partition coefficient (Wildman–Crippen LogP) is 6.71. The normalized spacial score (nSPS) is 19.3. The zero-order valence-electron chi connectivity index (χ0n) is 22.0. The van der Waals surface area contributed by atoms with Crippen LogP contribution in [0.1, 0.15) is 65.0 Å². The maximum atomic E-state index is 13.9. The van der Waals surface area contributed by atoms with Crippen molar-refractivity contribution in [3.8, 4) is 0 Å². The Balaban J connectivity index is 1.64. The van der Waals surface area contributed by atoms with E-state index in [0.717, 1.165) is 35.0 Å². The van der Waals surface area contributed by atoms with Crippen molar-refractivity contribution in [1.29, 1.82) is 0 Å². The summed E-state index contributed by atoms with van der Waals surface area (Å²) in [5, 5.41) is 6.33. The summed E-state index contributed by atoms with van der Waals surface area (Å²) in [4.78, 5) is 25.0. The van der Waals surface area contributed by atoms with E-state index in [-0.39, 0.29) is 23.6 Å². The Morgan fingerprint density at radius 1 is 1.06 bits per heavy atom. The van der Waals surface area contributed by atoms with Gasteiger partial charge in [0.25, 0.3) is 0 Å². The van der Waals surface area contributed by atoms with Crippen molar-refractivity contribution >= 4 is 22.5 Å². The first-order valence-corrected chi connectivity index (χ1v) is 12.6. The summed E-state index contributed by atoms with van der Waals surface area (Å²) in [6.45, 7) is 13.3. The highest BCUT2D eigenvalue weighted by atomic mass is 16.7. The molecule has 1 atom stereocenters. The summed E-state index contributed by atoms with van der Waals surface area (Å²) in [5.41, 5.74) is 2.85. The average molecular weight is 474 g/mol. The van der Waals surface area contributed by atoms with Crippen LogP contribution in [0.3, 0.4) is 0 Å². The number of carbonyl (C=O) groups excluding carboxylic acids is 1. The van der Waals surface area contributed by atoms with Crippen LogP contribution in [0.5, 0.6) is 0 Å². The van der Waals surface area contributed by atoms with Crippen LogP contribution in [0, 0.1) is 12.3 Å². The molecule has 1 aromatic heterocycles. The summed E-state index contributed by atoms with van der Waals surface area (Å²) in [5.74, 6) is -0.0650. The quantitative estimate of drug-likeness (QED) is 0.415. The van der Waals surface area contributed by atoms with E-state index >= 15 is 0 Å². The number of hydroxylamine groups is 2. The minimum absolute atomic E-state index is 0.0650. The monoisotopic (exact) mass is 473 g/mol. The molecule has 5 heteroatoms. The lowest BCUT2D eigenvalue weighted by Gasteiger charge is -2.52. The van der Waals surface area contributed by atoms with Crippen LogP contribution >= 0.6 is 0 Å². The second-order valence-electron chi connectivity index (χ2n) is 11.6. The molecule has 0 bridgehead atoms. The molecule has 2 heterocycles. The number of para-hydroxylation sites is 1. The Morgan fingerprint density at radius 2 is 1.74 bits per heavy atom. The third kappa shape index (κ3) is 5.57. The standard InChI is InChI=1S/C30H39N3O2/c1-22-11-7-12-23(19-22)20-30(6,21-35-33-28(2,3)16-10-17-29(33,4)5)27(34)32-25-15-8-13-24-14-9-18-31-26(24)25/h7-9,11-15,18-19H,10,16-17,20-21H2,1-6H3,(H,32,34). The Morgan fingerprint density at radius 3 is 2.46 bits per heavy atom. The first-order valence-electron chi connectivity index (χ1n) is 12.6. The van der Waals surface area contributed by atoms with Gasteiger partial charge in [-0.05, 0) is 84.9 Å². The van der Waals surface area contributed by atoms with Gasteiger partial charge in [-0.25, -0.2) is 0 Å². The topological polar surface area (TPSA) is 54.5 Å². The van der Waals surface area contributed by atoms with Gasteiger partial charge < -0.3 is 5.32 Å². The number of rotatable bonds is 7. The van der Waals surface area contributed by atoms with Crippen LogP contribution in [0.2, 0.25) is 0 Å². The molecule has 2 aromatic carbocycles. The van der Waals surface area contributed by atoms with Crippen molar-refractivity contribution in [1.82, 2.24) is 10.0 Å². The number of benzene rings is 2. The molecule has 0 aliphatic carbocycles. The van der Waals surface area contributed by atoms with Crippen LogP contribution in [0.15, 0.2) is 60.8 Å². The molecular weight excluding hydrogens is 434 g/mol. The number of fused-ring (bicyclic) bond motifs is 1. The van der Waals surface area contributed by atoms with E-state index in [1.807, 2.05) is 37.3 Å². The van der Waals surface area contributed by atoms with Gasteiger partial charge in [0, 0.05) is 22.7 Å². The number of hydrogen-bond donors (Lipinski definition) is 1. The maximum absolute atomic E-state index is 13.9. The Kier molecular flexibility index (Phi) is 7.03. The van der Waals surface area contributed by atoms with Gasteiger partial charge in [0.05, 0.1) is 23.2 Å². The van der Waals surface area contributed by atoms with E-state index < -0.39 is 5.41 Å². The molecule has 1 saturated heterocycles.